The van der Waals surface area contributed by atoms with Crippen LogP contribution in [0.1, 0.15) is 6.42 Å². The Bertz CT molecular complexity index is 569. The normalized spacial score (nSPS) is 10.1. The molecule has 0 unspecified atom stereocenters. The standard InChI is InChI=1S/C14H12BrNO4/c15-10-1-6-13(16-9-10)20-12-4-2-11(3-5-12)19-8-7-14(17)18/h1-6,9H,7-8H2,(H,17,18). The molecule has 0 atom stereocenters. The van der Waals surface area contributed by atoms with Crippen LogP contribution < -0.4 is 9.47 Å². The highest BCUT2D eigenvalue weighted by atomic mass is 79.9. The molecule has 1 aromatic heterocycles. The van der Waals surface area contributed by atoms with Crippen LogP contribution in [-0.4, -0.2) is 22.7 Å². The van der Waals surface area contributed by atoms with E-state index in [4.69, 9.17) is 14.6 Å². The molecule has 0 saturated carbocycles. The maximum absolute atomic E-state index is 10.4. The summed E-state index contributed by atoms with van der Waals surface area (Å²) in [6.45, 7) is 0.143. The van der Waals surface area contributed by atoms with E-state index < -0.39 is 5.97 Å². The lowest BCUT2D eigenvalue weighted by Crippen LogP contribution is -2.04. The zero-order valence-corrected chi connectivity index (χ0v) is 12.0. The number of halogens is 1. The molecule has 0 aliphatic carbocycles. The van der Waals surface area contributed by atoms with E-state index in [9.17, 15) is 4.79 Å². The van der Waals surface area contributed by atoms with Crippen molar-refractivity contribution in [2.45, 2.75) is 6.42 Å². The average Bonchev–Trinajstić information content (AvgIpc) is 2.43. The molecule has 2 rings (SSSR count). The topological polar surface area (TPSA) is 68.7 Å². The minimum atomic E-state index is -0.883. The van der Waals surface area contributed by atoms with Crippen LogP contribution in [0.5, 0.6) is 17.4 Å². The van der Waals surface area contributed by atoms with Gasteiger partial charge in [-0.3, -0.25) is 4.79 Å². The lowest BCUT2D eigenvalue weighted by atomic mass is 10.3. The molecule has 1 heterocycles. The number of carboxylic acid groups (broad SMARTS) is 1. The first-order valence-corrected chi connectivity index (χ1v) is 6.67. The van der Waals surface area contributed by atoms with Crippen LogP contribution in [0.15, 0.2) is 47.1 Å². The van der Waals surface area contributed by atoms with Crippen molar-refractivity contribution < 1.29 is 19.4 Å². The Balaban J connectivity index is 1.91. The van der Waals surface area contributed by atoms with Crippen molar-refractivity contribution in [1.29, 1.82) is 0 Å². The summed E-state index contributed by atoms with van der Waals surface area (Å²) < 4.78 is 11.7. The van der Waals surface area contributed by atoms with Crippen LogP contribution in [0.3, 0.4) is 0 Å². The second kappa shape index (κ2) is 6.91. The fraction of sp³-hybridized carbons (Fsp3) is 0.143. The van der Waals surface area contributed by atoms with Crippen molar-refractivity contribution in [3.63, 3.8) is 0 Å². The van der Waals surface area contributed by atoms with E-state index >= 15 is 0 Å². The molecule has 104 valence electrons. The van der Waals surface area contributed by atoms with Crippen molar-refractivity contribution in [3.8, 4) is 17.4 Å². The number of hydrogen-bond donors (Lipinski definition) is 1. The predicted molar refractivity (Wildman–Crippen MR) is 76.2 cm³/mol. The van der Waals surface area contributed by atoms with Crippen LogP contribution in [0, 0.1) is 0 Å². The second-order valence-corrected chi connectivity index (χ2v) is 4.80. The molecule has 0 fully saturated rings. The van der Waals surface area contributed by atoms with E-state index in [0.717, 1.165) is 4.47 Å². The molecule has 0 bridgehead atoms. The van der Waals surface area contributed by atoms with Gasteiger partial charge < -0.3 is 14.6 Å². The van der Waals surface area contributed by atoms with Gasteiger partial charge in [-0.2, -0.15) is 0 Å². The summed E-state index contributed by atoms with van der Waals surface area (Å²) in [5.41, 5.74) is 0. The Kier molecular flexibility index (Phi) is 4.95. The summed E-state index contributed by atoms with van der Waals surface area (Å²) >= 11 is 3.30. The van der Waals surface area contributed by atoms with Crippen molar-refractivity contribution in [3.05, 3.63) is 47.1 Å². The van der Waals surface area contributed by atoms with Gasteiger partial charge in [0, 0.05) is 16.7 Å². The minimum Gasteiger partial charge on any atom is -0.493 e. The van der Waals surface area contributed by atoms with Gasteiger partial charge in [0.2, 0.25) is 5.88 Å². The molecule has 20 heavy (non-hydrogen) atoms. The van der Waals surface area contributed by atoms with Crippen LogP contribution in [0.25, 0.3) is 0 Å². The van der Waals surface area contributed by atoms with Gasteiger partial charge in [0.25, 0.3) is 0 Å². The molecular weight excluding hydrogens is 326 g/mol. The number of carbonyl (C=O) groups is 1. The highest BCUT2D eigenvalue weighted by Crippen LogP contribution is 2.23. The third kappa shape index (κ3) is 4.55. The van der Waals surface area contributed by atoms with Gasteiger partial charge in [-0.15, -0.1) is 0 Å². The SMILES string of the molecule is O=C(O)CCOc1ccc(Oc2ccc(Br)cn2)cc1. The molecule has 0 radical (unpaired) electrons. The summed E-state index contributed by atoms with van der Waals surface area (Å²) in [5, 5.41) is 8.51. The van der Waals surface area contributed by atoms with E-state index in [0.29, 0.717) is 17.4 Å². The Morgan fingerprint density at radius 2 is 1.85 bits per heavy atom. The number of aliphatic carboxylic acids is 1. The maximum Gasteiger partial charge on any atom is 0.306 e. The molecule has 0 spiro atoms. The fourth-order valence-electron chi connectivity index (χ4n) is 1.40. The van der Waals surface area contributed by atoms with E-state index in [1.54, 1.807) is 36.5 Å². The summed E-state index contributed by atoms with van der Waals surface area (Å²) in [4.78, 5) is 14.5. The third-order valence-corrected chi connectivity index (χ3v) is 2.80. The van der Waals surface area contributed by atoms with E-state index in [-0.39, 0.29) is 13.0 Å². The highest BCUT2D eigenvalue weighted by Gasteiger charge is 2.01. The zero-order chi connectivity index (χ0) is 14.4. The zero-order valence-electron chi connectivity index (χ0n) is 10.5. The number of benzene rings is 1. The van der Waals surface area contributed by atoms with Gasteiger partial charge in [-0.25, -0.2) is 4.98 Å². The predicted octanol–water partition coefficient (Wildman–Crippen LogP) is 3.49. The quantitative estimate of drug-likeness (QED) is 0.873. The summed E-state index contributed by atoms with van der Waals surface area (Å²) in [6.07, 6.45) is 1.62. The van der Waals surface area contributed by atoms with E-state index in [1.165, 1.54) is 0 Å². The minimum absolute atomic E-state index is 0.0267. The van der Waals surface area contributed by atoms with Gasteiger partial charge >= 0.3 is 5.97 Å². The monoisotopic (exact) mass is 337 g/mol. The maximum atomic E-state index is 10.4. The molecule has 2 aromatic rings. The molecule has 5 nitrogen and oxygen atoms in total. The smallest absolute Gasteiger partial charge is 0.306 e. The van der Waals surface area contributed by atoms with Gasteiger partial charge in [0.05, 0.1) is 13.0 Å². The van der Waals surface area contributed by atoms with Crippen LogP contribution in [-0.2, 0) is 4.79 Å². The number of pyridine rings is 1. The number of rotatable bonds is 6. The van der Waals surface area contributed by atoms with Gasteiger partial charge in [0.15, 0.2) is 0 Å². The Hall–Kier alpha value is -2.08. The highest BCUT2D eigenvalue weighted by molar-refractivity contribution is 9.10. The van der Waals surface area contributed by atoms with Crippen LogP contribution in [0.4, 0.5) is 0 Å². The fourth-order valence-corrected chi connectivity index (χ4v) is 1.64. The summed E-state index contributed by atoms with van der Waals surface area (Å²) in [6, 6.07) is 10.5. The first-order chi connectivity index (χ1) is 9.63. The first-order valence-electron chi connectivity index (χ1n) is 5.87. The first kappa shape index (κ1) is 14.3. The molecule has 0 amide bonds. The van der Waals surface area contributed by atoms with Crippen molar-refractivity contribution in [2.75, 3.05) is 6.61 Å². The molecule has 0 saturated heterocycles. The lowest BCUT2D eigenvalue weighted by Gasteiger charge is -2.07. The van der Waals surface area contributed by atoms with Gasteiger partial charge in [0.1, 0.15) is 11.5 Å². The van der Waals surface area contributed by atoms with Crippen molar-refractivity contribution in [1.82, 2.24) is 4.98 Å². The average molecular weight is 338 g/mol. The number of carboxylic acids is 1. The molecule has 1 aromatic carbocycles. The largest absolute Gasteiger partial charge is 0.493 e. The third-order valence-electron chi connectivity index (χ3n) is 2.33. The van der Waals surface area contributed by atoms with Crippen LogP contribution in [0.2, 0.25) is 0 Å². The summed E-state index contributed by atoms with van der Waals surface area (Å²) in [7, 11) is 0. The lowest BCUT2D eigenvalue weighted by molar-refractivity contribution is -0.137. The summed E-state index contributed by atoms with van der Waals surface area (Å²) in [5.74, 6) is 0.840. The Labute approximate surface area is 124 Å². The Morgan fingerprint density at radius 1 is 1.15 bits per heavy atom. The molecule has 1 N–H and O–H groups in total. The molecule has 6 heteroatoms. The van der Waals surface area contributed by atoms with Crippen molar-refractivity contribution >= 4 is 21.9 Å². The van der Waals surface area contributed by atoms with Gasteiger partial charge in [-0.1, -0.05) is 0 Å². The second-order valence-electron chi connectivity index (χ2n) is 3.88. The number of nitrogens with zero attached hydrogens (tertiary/aromatic N) is 1. The Morgan fingerprint density at radius 3 is 2.45 bits per heavy atom. The molecule has 0 aliphatic rings. The molecule has 0 aliphatic heterocycles. The van der Waals surface area contributed by atoms with Crippen LogP contribution >= 0.6 is 15.9 Å². The van der Waals surface area contributed by atoms with Gasteiger partial charge in [-0.05, 0) is 46.3 Å². The van der Waals surface area contributed by atoms with E-state index in [2.05, 4.69) is 20.9 Å². The molecular formula is C14H12BrNO4. The number of hydrogen-bond acceptors (Lipinski definition) is 4. The van der Waals surface area contributed by atoms with E-state index in [1.807, 2.05) is 6.07 Å². The number of aromatic nitrogens is 1. The van der Waals surface area contributed by atoms with Crippen molar-refractivity contribution in [2.24, 2.45) is 0 Å². The number of ether oxygens (including phenoxy) is 2.